The zero-order valence-electron chi connectivity index (χ0n) is 6.37. The minimum atomic E-state index is -0.683. The Morgan fingerprint density at radius 1 is 1.60 bits per heavy atom. The number of rotatable bonds is 4. The van der Waals surface area contributed by atoms with Crippen molar-refractivity contribution in [3.8, 4) is 0 Å². The molecule has 0 radical (unpaired) electrons. The summed E-state index contributed by atoms with van der Waals surface area (Å²) >= 11 is 0. The Labute approximate surface area is 60.7 Å². The van der Waals surface area contributed by atoms with Crippen molar-refractivity contribution in [2.24, 2.45) is 0 Å². The van der Waals surface area contributed by atoms with E-state index in [4.69, 9.17) is 10.1 Å². The number of hydrogen-bond donors (Lipinski definition) is 2. The summed E-state index contributed by atoms with van der Waals surface area (Å²) in [4.78, 5) is 4.23. The fraction of sp³-hybridized carbons (Fsp3) is 0.333. The first-order valence-corrected chi connectivity index (χ1v) is 2.90. The van der Waals surface area contributed by atoms with Gasteiger partial charge in [0.15, 0.2) is 6.20 Å². The molecule has 0 bridgehead atoms. The van der Waals surface area contributed by atoms with Crippen molar-refractivity contribution < 1.29 is 20.0 Å². The van der Waals surface area contributed by atoms with Crippen LogP contribution in [0.15, 0.2) is 25.6 Å². The molecule has 2 N–H and O–H groups in total. The van der Waals surface area contributed by atoms with E-state index in [1.54, 1.807) is 7.05 Å². The highest BCUT2D eigenvalue weighted by molar-refractivity contribution is 4.42. The lowest BCUT2D eigenvalue weighted by molar-refractivity contribution is -1.37. The fourth-order valence-corrected chi connectivity index (χ4v) is 0.366. The molecule has 0 rings (SSSR count). The summed E-state index contributed by atoms with van der Waals surface area (Å²) in [6.07, 6.45) is 2.77. The Kier molecular flexibility index (Phi) is 3.24. The number of hydroxylamine groups is 6. The summed E-state index contributed by atoms with van der Waals surface area (Å²) < 4.78 is 0. The second-order valence-corrected chi connectivity index (χ2v) is 2.03. The van der Waals surface area contributed by atoms with Crippen LogP contribution < -0.4 is 5.06 Å². The van der Waals surface area contributed by atoms with E-state index in [2.05, 4.69) is 13.2 Å². The molecule has 58 valence electrons. The number of quaternary nitrogens is 2. The fourth-order valence-electron chi connectivity index (χ4n) is 0.366. The van der Waals surface area contributed by atoms with Gasteiger partial charge < -0.3 is 0 Å². The normalized spacial score (nSPS) is 19.1. The predicted octanol–water partition coefficient (Wildman–Crippen LogP) is -0.529. The molecule has 10 heavy (non-hydrogen) atoms. The first-order valence-electron chi connectivity index (χ1n) is 2.90. The molecule has 0 aliphatic heterocycles. The van der Waals surface area contributed by atoms with Crippen LogP contribution in [0.5, 0.6) is 0 Å². The maximum absolute atomic E-state index is 9.15. The van der Waals surface area contributed by atoms with E-state index in [9.17, 15) is 0 Å². The van der Waals surface area contributed by atoms with Gasteiger partial charge in [0.2, 0.25) is 0 Å². The second-order valence-electron chi connectivity index (χ2n) is 2.03. The van der Waals surface area contributed by atoms with Crippen LogP contribution in [0.1, 0.15) is 0 Å². The van der Waals surface area contributed by atoms with Crippen LogP contribution in [0, 0.1) is 0 Å². The van der Waals surface area contributed by atoms with Gasteiger partial charge in [-0.15, -0.1) is 5.06 Å². The lowest BCUT2D eigenvalue weighted by Crippen LogP contribution is -3.05. The Hall–Kier alpha value is -0.680. The molecule has 0 saturated carbocycles. The Morgan fingerprint density at radius 2 is 2.10 bits per heavy atom. The van der Waals surface area contributed by atoms with Crippen LogP contribution in [0.2, 0.25) is 0 Å². The van der Waals surface area contributed by atoms with Gasteiger partial charge in [0.05, 0.1) is 0 Å². The Balaban J connectivity index is 3.86. The highest BCUT2D eigenvalue weighted by atomic mass is 17.0. The van der Waals surface area contributed by atoms with Gasteiger partial charge in [-0.3, -0.25) is 0 Å². The molecule has 0 aromatic carbocycles. The SMILES string of the molecule is C=C[NH+](C)O[N+](C)(O)C=C. The van der Waals surface area contributed by atoms with Crippen molar-refractivity contribution in [3.05, 3.63) is 25.6 Å². The van der Waals surface area contributed by atoms with Gasteiger partial charge in [-0.25, -0.2) is 0 Å². The predicted molar refractivity (Wildman–Crippen MR) is 36.3 cm³/mol. The molecule has 2 unspecified atom stereocenters. The molecule has 0 spiro atoms. The molecule has 4 nitrogen and oxygen atoms in total. The Bertz CT molecular complexity index is 134. The quantitative estimate of drug-likeness (QED) is 0.413. The molecule has 0 aliphatic carbocycles. The lowest BCUT2D eigenvalue weighted by Gasteiger charge is -2.16. The minimum absolute atomic E-state index is 0.546. The maximum Gasteiger partial charge on any atom is 0.162 e. The second kappa shape index (κ2) is 3.48. The molecule has 0 saturated heterocycles. The molecule has 0 fully saturated rings. The van der Waals surface area contributed by atoms with Crippen molar-refractivity contribution in [2.45, 2.75) is 0 Å². The van der Waals surface area contributed by atoms with E-state index in [0.717, 1.165) is 0 Å². The average molecular weight is 146 g/mol. The molecule has 0 aliphatic rings. The van der Waals surface area contributed by atoms with Crippen LogP contribution in [-0.4, -0.2) is 24.1 Å². The molecule has 4 heteroatoms. The van der Waals surface area contributed by atoms with Crippen molar-refractivity contribution in [2.75, 3.05) is 14.1 Å². The summed E-state index contributed by atoms with van der Waals surface area (Å²) in [6.45, 7) is 6.83. The highest BCUT2D eigenvalue weighted by Crippen LogP contribution is 1.91. The summed E-state index contributed by atoms with van der Waals surface area (Å²) in [5.74, 6) is 0. The summed E-state index contributed by atoms with van der Waals surface area (Å²) in [7, 11) is 3.14. The maximum atomic E-state index is 9.15. The smallest absolute Gasteiger partial charge is 0.162 e. The van der Waals surface area contributed by atoms with E-state index in [0.29, 0.717) is 5.06 Å². The van der Waals surface area contributed by atoms with Gasteiger partial charge in [0, 0.05) is 9.75 Å². The number of hydrogen-bond acceptors (Lipinski definition) is 2. The summed E-state index contributed by atoms with van der Waals surface area (Å²) in [5, 5.41) is 9.70. The standard InChI is InChI=1S/C6H13N2O2/c1-5-7(3)10-8(4,9)6-2/h5-6,9H,1-2H2,3-4H3/q+1/p+1. The van der Waals surface area contributed by atoms with E-state index in [1.165, 1.54) is 19.4 Å². The topological polar surface area (TPSA) is 33.9 Å². The third kappa shape index (κ3) is 3.37. The van der Waals surface area contributed by atoms with Crippen LogP contribution in [0.3, 0.4) is 0 Å². The largest absolute Gasteiger partial charge is 0.172 e. The number of nitrogens with one attached hydrogen (secondary N) is 1. The molecule has 0 amide bonds. The molecule has 0 aromatic heterocycles. The van der Waals surface area contributed by atoms with Gasteiger partial charge in [-0.1, -0.05) is 0 Å². The van der Waals surface area contributed by atoms with Crippen LogP contribution >= 0.6 is 0 Å². The van der Waals surface area contributed by atoms with Crippen LogP contribution in [0.4, 0.5) is 0 Å². The molecule has 2 atom stereocenters. The van der Waals surface area contributed by atoms with Crippen molar-refractivity contribution >= 4 is 0 Å². The van der Waals surface area contributed by atoms with Crippen molar-refractivity contribution in [1.29, 1.82) is 0 Å². The van der Waals surface area contributed by atoms with E-state index in [-0.39, 0.29) is 0 Å². The zero-order valence-corrected chi connectivity index (χ0v) is 6.37. The molecule has 0 heterocycles. The third-order valence-corrected chi connectivity index (χ3v) is 0.955. The van der Waals surface area contributed by atoms with Gasteiger partial charge in [0.25, 0.3) is 0 Å². The monoisotopic (exact) mass is 146 g/mol. The van der Waals surface area contributed by atoms with Crippen molar-refractivity contribution in [3.63, 3.8) is 0 Å². The van der Waals surface area contributed by atoms with Crippen molar-refractivity contribution in [1.82, 2.24) is 0 Å². The summed E-state index contributed by atoms with van der Waals surface area (Å²) in [5.41, 5.74) is 0. The highest BCUT2D eigenvalue weighted by Gasteiger charge is 2.21. The third-order valence-electron chi connectivity index (χ3n) is 0.955. The molecule has 0 aromatic rings. The van der Waals surface area contributed by atoms with Gasteiger partial charge in [-0.05, 0) is 13.2 Å². The van der Waals surface area contributed by atoms with Crippen LogP contribution in [-0.2, 0) is 4.94 Å². The van der Waals surface area contributed by atoms with Gasteiger partial charge in [0.1, 0.15) is 20.3 Å². The first-order chi connectivity index (χ1) is 4.52. The number of nitrogens with zero attached hydrogens (tertiary/aromatic N) is 1. The first kappa shape index (κ1) is 9.32. The molecular formula is C6H14N2O2+2. The minimum Gasteiger partial charge on any atom is -0.172 e. The zero-order chi connectivity index (χ0) is 8.20. The van der Waals surface area contributed by atoms with Gasteiger partial charge in [-0.2, -0.15) is 5.21 Å². The molecular weight excluding hydrogens is 132 g/mol. The van der Waals surface area contributed by atoms with Crippen LogP contribution in [0.25, 0.3) is 0 Å². The average Bonchev–Trinajstić information content (AvgIpc) is 1.87. The van der Waals surface area contributed by atoms with E-state index in [1.807, 2.05) is 0 Å². The lowest BCUT2D eigenvalue weighted by atomic mass is 10.9. The van der Waals surface area contributed by atoms with E-state index >= 15 is 0 Å². The Morgan fingerprint density at radius 3 is 2.40 bits per heavy atom. The van der Waals surface area contributed by atoms with E-state index < -0.39 is 4.81 Å². The van der Waals surface area contributed by atoms with Gasteiger partial charge >= 0.3 is 0 Å². The summed E-state index contributed by atoms with van der Waals surface area (Å²) in [6, 6.07) is 0.